The molecule has 1 aromatic heterocycles. The van der Waals surface area contributed by atoms with E-state index in [1.165, 1.54) is 44.4 Å². The van der Waals surface area contributed by atoms with Gasteiger partial charge >= 0.3 is 0 Å². The van der Waals surface area contributed by atoms with Gasteiger partial charge in [-0.25, -0.2) is 0 Å². The molecule has 0 atom stereocenters. The lowest BCUT2D eigenvalue weighted by Gasteiger charge is -2.09. The normalized spacial score (nSPS) is 11.3. The smallest absolute Gasteiger partial charge is 0.0500 e. The fourth-order valence-electron chi connectivity index (χ4n) is 3.66. The second kappa shape index (κ2) is 7.23. The van der Waals surface area contributed by atoms with Crippen molar-refractivity contribution >= 4 is 10.9 Å². The van der Waals surface area contributed by atoms with Crippen LogP contribution in [0.4, 0.5) is 0 Å². The molecule has 0 saturated heterocycles. The highest BCUT2D eigenvalue weighted by Gasteiger charge is 2.16. The minimum absolute atomic E-state index is 0.765. The predicted molar refractivity (Wildman–Crippen MR) is 105 cm³/mol. The van der Waals surface area contributed by atoms with Crippen LogP contribution in [-0.2, 0) is 12.8 Å². The second-order valence-electron chi connectivity index (χ2n) is 6.74. The van der Waals surface area contributed by atoms with Crippen LogP contribution in [0.25, 0.3) is 22.2 Å². The Morgan fingerprint density at radius 3 is 2.58 bits per heavy atom. The molecule has 0 radical (unpaired) electrons. The van der Waals surface area contributed by atoms with Crippen LogP contribution in [0.15, 0.2) is 36.4 Å². The molecule has 0 amide bonds. The molecule has 0 spiro atoms. The van der Waals surface area contributed by atoms with Gasteiger partial charge in [0.1, 0.15) is 0 Å². The van der Waals surface area contributed by atoms with Gasteiger partial charge in [-0.3, -0.25) is 0 Å². The summed E-state index contributed by atoms with van der Waals surface area (Å²) in [7, 11) is 0. The monoisotopic (exact) mass is 320 g/mol. The van der Waals surface area contributed by atoms with Gasteiger partial charge in [0.2, 0.25) is 0 Å². The van der Waals surface area contributed by atoms with E-state index in [9.17, 15) is 0 Å². The molecule has 2 heteroatoms. The Hall–Kier alpha value is -2.06. The SMILES string of the molecule is CCc1cccc2c(CCCCN)c(-c3ccc(C)cc3C)[nH]c12. The third-order valence-corrected chi connectivity index (χ3v) is 4.94. The van der Waals surface area contributed by atoms with E-state index < -0.39 is 0 Å². The van der Waals surface area contributed by atoms with E-state index in [2.05, 4.69) is 62.2 Å². The van der Waals surface area contributed by atoms with Crippen molar-refractivity contribution in [2.45, 2.75) is 46.5 Å². The molecule has 3 aromatic rings. The molecule has 2 aromatic carbocycles. The number of aromatic amines is 1. The topological polar surface area (TPSA) is 41.8 Å². The summed E-state index contributed by atoms with van der Waals surface area (Å²) in [6.07, 6.45) is 4.34. The van der Waals surface area contributed by atoms with Gasteiger partial charge in [0.25, 0.3) is 0 Å². The molecule has 24 heavy (non-hydrogen) atoms. The summed E-state index contributed by atoms with van der Waals surface area (Å²) < 4.78 is 0. The second-order valence-corrected chi connectivity index (χ2v) is 6.74. The molecule has 3 rings (SSSR count). The quantitative estimate of drug-likeness (QED) is 0.595. The molecular formula is C22H28N2. The van der Waals surface area contributed by atoms with Crippen LogP contribution in [0, 0.1) is 13.8 Å². The van der Waals surface area contributed by atoms with E-state index in [4.69, 9.17) is 5.73 Å². The summed E-state index contributed by atoms with van der Waals surface area (Å²) in [6, 6.07) is 13.4. The van der Waals surface area contributed by atoms with Gasteiger partial charge in [-0.05, 0) is 62.8 Å². The molecule has 0 aliphatic rings. The summed E-state index contributed by atoms with van der Waals surface area (Å²) in [5.74, 6) is 0. The molecule has 0 fully saturated rings. The largest absolute Gasteiger partial charge is 0.354 e. The maximum Gasteiger partial charge on any atom is 0.0500 e. The van der Waals surface area contributed by atoms with Gasteiger partial charge in [0.05, 0.1) is 0 Å². The van der Waals surface area contributed by atoms with E-state index >= 15 is 0 Å². The van der Waals surface area contributed by atoms with Crippen molar-refractivity contribution < 1.29 is 0 Å². The number of hydrogen-bond donors (Lipinski definition) is 2. The van der Waals surface area contributed by atoms with Crippen molar-refractivity contribution in [1.29, 1.82) is 0 Å². The van der Waals surface area contributed by atoms with E-state index in [0.29, 0.717) is 0 Å². The number of para-hydroxylation sites is 1. The average molecular weight is 320 g/mol. The standard InChI is InChI=1S/C22H28N2/c1-4-17-8-7-10-19-20(9-5-6-13-23)22(24-21(17)19)18-12-11-15(2)14-16(18)3/h7-8,10-12,14,24H,4-6,9,13,23H2,1-3H3. The number of hydrogen-bond acceptors (Lipinski definition) is 1. The summed E-state index contributed by atoms with van der Waals surface area (Å²) in [4.78, 5) is 3.76. The Labute approximate surface area is 145 Å². The number of unbranched alkanes of at least 4 members (excludes halogenated alkanes) is 1. The fourth-order valence-corrected chi connectivity index (χ4v) is 3.66. The summed E-state index contributed by atoms with van der Waals surface area (Å²) in [5.41, 5.74) is 15.1. The van der Waals surface area contributed by atoms with Gasteiger partial charge in [0, 0.05) is 22.2 Å². The van der Waals surface area contributed by atoms with Crippen molar-refractivity contribution in [3.05, 3.63) is 58.7 Å². The molecule has 2 nitrogen and oxygen atoms in total. The lowest BCUT2D eigenvalue weighted by atomic mass is 9.96. The molecule has 0 unspecified atom stereocenters. The Kier molecular flexibility index (Phi) is 5.06. The van der Waals surface area contributed by atoms with E-state index in [0.717, 1.165) is 32.2 Å². The van der Waals surface area contributed by atoms with Crippen LogP contribution in [0.1, 0.15) is 42.0 Å². The Morgan fingerprint density at radius 2 is 1.88 bits per heavy atom. The van der Waals surface area contributed by atoms with Gasteiger partial charge < -0.3 is 10.7 Å². The minimum atomic E-state index is 0.765. The van der Waals surface area contributed by atoms with Crippen molar-refractivity contribution in [3.8, 4) is 11.3 Å². The lowest BCUT2D eigenvalue weighted by Crippen LogP contribution is -1.99. The van der Waals surface area contributed by atoms with Gasteiger partial charge in [-0.15, -0.1) is 0 Å². The Bertz CT molecular complexity index is 843. The van der Waals surface area contributed by atoms with Gasteiger partial charge in [0.15, 0.2) is 0 Å². The molecule has 0 aliphatic heterocycles. The van der Waals surface area contributed by atoms with E-state index in [1.54, 1.807) is 0 Å². The number of H-pyrrole nitrogens is 1. The first-order valence-electron chi connectivity index (χ1n) is 9.05. The van der Waals surface area contributed by atoms with Crippen LogP contribution in [0.2, 0.25) is 0 Å². The van der Waals surface area contributed by atoms with E-state index in [-0.39, 0.29) is 0 Å². The summed E-state index contributed by atoms with van der Waals surface area (Å²) in [5, 5.41) is 1.38. The van der Waals surface area contributed by atoms with Crippen LogP contribution < -0.4 is 5.73 Å². The maximum atomic E-state index is 5.71. The zero-order valence-corrected chi connectivity index (χ0v) is 15.1. The zero-order valence-electron chi connectivity index (χ0n) is 15.1. The average Bonchev–Trinajstić information content (AvgIpc) is 2.93. The van der Waals surface area contributed by atoms with Crippen LogP contribution in [0.5, 0.6) is 0 Å². The van der Waals surface area contributed by atoms with Crippen LogP contribution in [0.3, 0.4) is 0 Å². The highest BCUT2D eigenvalue weighted by atomic mass is 14.7. The Morgan fingerprint density at radius 1 is 1.04 bits per heavy atom. The van der Waals surface area contributed by atoms with Crippen molar-refractivity contribution in [3.63, 3.8) is 0 Å². The van der Waals surface area contributed by atoms with Crippen LogP contribution in [-0.4, -0.2) is 11.5 Å². The molecule has 0 aliphatic carbocycles. The molecule has 1 heterocycles. The number of fused-ring (bicyclic) bond motifs is 1. The predicted octanol–water partition coefficient (Wildman–Crippen LogP) is 5.30. The molecule has 3 N–H and O–H groups in total. The number of aromatic nitrogens is 1. The molecular weight excluding hydrogens is 292 g/mol. The van der Waals surface area contributed by atoms with Crippen LogP contribution >= 0.6 is 0 Å². The third kappa shape index (κ3) is 3.11. The van der Waals surface area contributed by atoms with Gasteiger partial charge in [-0.1, -0.05) is 48.9 Å². The molecule has 0 bridgehead atoms. The zero-order chi connectivity index (χ0) is 17.1. The van der Waals surface area contributed by atoms with Gasteiger partial charge in [-0.2, -0.15) is 0 Å². The van der Waals surface area contributed by atoms with Crippen molar-refractivity contribution in [2.24, 2.45) is 5.73 Å². The first-order chi connectivity index (χ1) is 11.7. The fraction of sp³-hybridized carbons (Fsp3) is 0.364. The lowest BCUT2D eigenvalue weighted by molar-refractivity contribution is 0.748. The molecule has 0 saturated carbocycles. The van der Waals surface area contributed by atoms with E-state index in [1.807, 2.05) is 0 Å². The number of nitrogens with one attached hydrogen (secondary N) is 1. The third-order valence-electron chi connectivity index (χ3n) is 4.94. The number of benzene rings is 2. The first-order valence-corrected chi connectivity index (χ1v) is 9.05. The van der Waals surface area contributed by atoms with Crippen molar-refractivity contribution in [1.82, 2.24) is 4.98 Å². The number of aryl methyl sites for hydroxylation is 4. The summed E-state index contributed by atoms with van der Waals surface area (Å²) >= 11 is 0. The highest BCUT2D eigenvalue weighted by Crippen LogP contribution is 2.35. The number of nitrogens with two attached hydrogens (primary N) is 1. The minimum Gasteiger partial charge on any atom is -0.354 e. The summed E-state index contributed by atoms with van der Waals surface area (Å²) in [6.45, 7) is 7.35. The number of rotatable bonds is 6. The maximum absolute atomic E-state index is 5.71. The Balaban J connectivity index is 2.19. The van der Waals surface area contributed by atoms with Crippen molar-refractivity contribution in [2.75, 3.05) is 6.54 Å². The highest BCUT2D eigenvalue weighted by molar-refractivity contribution is 5.93. The first kappa shape index (κ1) is 16.8. The molecule has 126 valence electrons.